The average Bonchev–Trinajstić information content (AvgIpc) is 3.26. The first-order valence-electron chi connectivity index (χ1n) is 8.34. The summed E-state index contributed by atoms with van der Waals surface area (Å²) >= 11 is 0. The van der Waals surface area contributed by atoms with E-state index in [1.807, 2.05) is 0 Å². The summed E-state index contributed by atoms with van der Waals surface area (Å²) in [5.41, 5.74) is 7.99. The fraction of sp³-hybridized carbons (Fsp3) is 0.0435. The molecule has 0 fully saturated rings. The zero-order valence-corrected chi connectivity index (χ0v) is 13.3. The number of rotatable bonds is 2. The lowest BCUT2D eigenvalue weighted by atomic mass is 10.0. The minimum atomic E-state index is 1.01. The third-order valence-corrected chi connectivity index (χ3v) is 4.88. The molecular weight excluding hydrogens is 290 g/mol. The van der Waals surface area contributed by atoms with E-state index in [0.717, 1.165) is 6.42 Å². The van der Waals surface area contributed by atoms with Crippen molar-refractivity contribution in [2.75, 3.05) is 0 Å². The van der Waals surface area contributed by atoms with E-state index >= 15 is 0 Å². The first-order valence-corrected chi connectivity index (χ1v) is 8.34. The van der Waals surface area contributed by atoms with Gasteiger partial charge in [-0.15, -0.1) is 0 Å². The quantitative estimate of drug-likeness (QED) is 0.446. The highest BCUT2D eigenvalue weighted by Crippen LogP contribution is 2.36. The van der Waals surface area contributed by atoms with Crippen LogP contribution < -0.4 is 0 Å². The number of benzene rings is 3. The van der Waals surface area contributed by atoms with E-state index in [-0.39, 0.29) is 0 Å². The molecule has 0 atom stereocenters. The van der Waals surface area contributed by atoms with Gasteiger partial charge in [-0.3, -0.25) is 0 Å². The molecule has 0 bridgehead atoms. The van der Waals surface area contributed by atoms with E-state index in [1.165, 1.54) is 38.9 Å². The standard InChI is InChI=1S/C23H17N/c1-2-7-17(8-3-1)20-15-19-10-6-12-23(21(19)16-20)24-14-13-18-9-4-5-11-22(18)24/h1-14,16H,15H2. The van der Waals surface area contributed by atoms with Gasteiger partial charge in [0, 0.05) is 11.8 Å². The molecule has 0 saturated heterocycles. The zero-order chi connectivity index (χ0) is 15.9. The molecule has 0 spiro atoms. The van der Waals surface area contributed by atoms with Crippen molar-refractivity contribution in [1.29, 1.82) is 0 Å². The molecule has 1 aromatic heterocycles. The van der Waals surface area contributed by atoms with Gasteiger partial charge in [0.15, 0.2) is 0 Å². The van der Waals surface area contributed by atoms with Gasteiger partial charge in [-0.25, -0.2) is 0 Å². The van der Waals surface area contributed by atoms with Crippen LogP contribution in [-0.2, 0) is 6.42 Å². The first kappa shape index (κ1) is 13.4. The number of fused-ring (bicyclic) bond motifs is 2. The van der Waals surface area contributed by atoms with Gasteiger partial charge in [0.2, 0.25) is 0 Å². The maximum absolute atomic E-state index is 2.36. The average molecular weight is 307 g/mol. The molecule has 0 aliphatic heterocycles. The van der Waals surface area contributed by atoms with Gasteiger partial charge in [-0.1, -0.05) is 60.7 Å². The van der Waals surface area contributed by atoms with Crippen molar-refractivity contribution in [2.45, 2.75) is 6.42 Å². The normalized spacial score (nSPS) is 13.1. The van der Waals surface area contributed by atoms with Crippen LogP contribution in [-0.4, -0.2) is 4.57 Å². The highest BCUT2D eigenvalue weighted by molar-refractivity contribution is 5.92. The zero-order valence-electron chi connectivity index (χ0n) is 13.3. The summed E-state index contributed by atoms with van der Waals surface area (Å²) < 4.78 is 2.30. The number of hydrogen-bond acceptors (Lipinski definition) is 0. The number of nitrogens with zero attached hydrogens (tertiary/aromatic N) is 1. The van der Waals surface area contributed by atoms with Crippen LogP contribution >= 0.6 is 0 Å². The smallest absolute Gasteiger partial charge is 0.0531 e. The molecule has 5 rings (SSSR count). The molecule has 1 nitrogen and oxygen atoms in total. The number of para-hydroxylation sites is 1. The Labute approximate surface area is 141 Å². The summed E-state index contributed by atoms with van der Waals surface area (Å²) in [7, 11) is 0. The third-order valence-electron chi connectivity index (χ3n) is 4.88. The van der Waals surface area contributed by atoms with E-state index < -0.39 is 0 Å². The minimum Gasteiger partial charge on any atom is -0.316 e. The van der Waals surface area contributed by atoms with E-state index in [4.69, 9.17) is 0 Å². The second-order valence-electron chi connectivity index (χ2n) is 6.31. The van der Waals surface area contributed by atoms with Gasteiger partial charge in [-0.05, 0) is 52.8 Å². The molecule has 1 aliphatic carbocycles. The lowest BCUT2D eigenvalue weighted by molar-refractivity contribution is 1.11. The van der Waals surface area contributed by atoms with Crippen LogP contribution in [0.4, 0.5) is 0 Å². The van der Waals surface area contributed by atoms with Crippen molar-refractivity contribution in [3.63, 3.8) is 0 Å². The molecule has 1 heterocycles. The Morgan fingerprint density at radius 2 is 1.54 bits per heavy atom. The van der Waals surface area contributed by atoms with Gasteiger partial charge >= 0.3 is 0 Å². The van der Waals surface area contributed by atoms with Gasteiger partial charge in [0.1, 0.15) is 0 Å². The Morgan fingerprint density at radius 1 is 0.708 bits per heavy atom. The summed E-state index contributed by atoms with van der Waals surface area (Å²) in [6.45, 7) is 0. The van der Waals surface area contributed by atoms with Gasteiger partial charge < -0.3 is 4.57 Å². The molecule has 1 heteroatoms. The topological polar surface area (TPSA) is 4.93 Å². The molecule has 4 aromatic rings. The number of allylic oxidation sites excluding steroid dienone is 1. The first-order chi connectivity index (χ1) is 11.9. The van der Waals surface area contributed by atoms with E-state index in [1.54, 1.807) is 0 Å². The molecule has 1 aliphatic rings. The summed E-state index contributed by atoms with van der Waals surface area (Å²) in [5, 5.41) is 1.28. The summed E-state index contributed by atoms with van der Waals surface area (Å²) in [6, 6.07) is 28.1. The van der Waals surface area contributed by atoms with Crippen molar-refractivity contribution < 1.29 is 0 Å². The largest absolute Gasteiger partial charge is 0.316 e. The summed E-state index contributed by atoms with van der Waals surface area (Å²) in [6.07, 6.45) is 5.54. The molecule has 3 aromatic carbocycles. The summed E-state index contributed by atoms with van der Waals surface area (Å²) in [5.74, 6) is 0. The highest BCUT2D eigenvalue weighted by Gasteiger charge is 2.18. The van der Waals surface area contributed by atoms with Crippen LogP contribution in [0.15, 0.2) is 85.1 Å². The molecule has 114 valence electrons. The van der Waals surface area contributed by atoms with Gasteiger partial charge in [-0.2, -0.15) is 0 Å². The molecular formula is C23H17N. The fourth-order valence-electron chi connectivity index (χ4n) is 3.69. The second kappa shape index (κ2) is 5.24. The molecule has 0 radical (unpaired) electrons. The second-order valence-corrected chi connectivity index (χ2v) is 6.31. The Morgan fingerprint density at radius 3 is 2.46 bits per heavy atom. The van der Waals surface area contributed by atoms with E-state index in [2.05, 4.69) is 95.7 Å². The van der Waals surface area contributed by atoms with Gasteiger partial charge in [0.25, 0.3) is 0 Å². The van der Waals surface area contributed by atoms with Crippen molar-refractivity contribution in [3.05, 3.63) is 102 Å². The van der Waals surface area contributed by atoms with E-state index in [9.17, 15) is 0 Å². The SMILES string of the molecule is C1=C(c2ccccc2)Cc2cccc(-n3ccc4ccccc43)c21. The maximum atomic E-state index is 2.36. The predicted octanol–water partition coefficient (Wildman–Crippen LogP) is 5.73. The summed E-state index contributed by atoms with van der Waals surface area (Å²) in [4.78, 5) is 0. The van der Waals surface area contributed by atoms with Crippen molar-refractivity contribution in [2.24, 2.45) is 0 Å². The van der Waals surface area contributed by atoms with E-state index in [0.29, 0.717) is 0 Å². The lowest BCUT2D eigenvalue weighted by Crippen LogP contribution is -1.96. The van der Waals surface area contributed by atoms with Crippen molar-refractivity contribution in [3.8, 4) is 5.69 Å². The maximum Gasteiger partial charge on any atom is 0.0531 e. The molecule has 0 unspecified atom stereocenters. The van der Waals surface area contributed by atoms with Crippen molar-refractivity contribution in [1.82, 2.24) is 4.57 Å². The van der Waals surface area contributed by atoms with Crippen LogP contribution in [0, 0.1) is 0 Å². The number of hydrogen-bond donors (Lipinski definition) is 0. The predicted molar refractivity (Wildman–Crippen MR) is 101 cm³/mol. The van der Waals surface area contributed by atoms with Crippen LogP contribution in [0.2, 0.25) is 0 Å². The Bertz CT molecular complexity index is 1070. The Balaban J connectivity index is 1.69. The number of aromatic nitrogens is 1. The Kier molecular flexibility index (Phi) is 2.92. The molecule has 0 N–H and O–H groups in total. The van der Waals surface area contributed by atoms with Crippen LogP contribution in [0.5, 0.6) is 0 Å². The monoisotopic (exact) mass is 307 g/mol. The minimum absolute atomic E-state index is 1.01. The third kappa shape index (κ3) is 2.02. The van der Waals surface area contributed by atoms with Crippen LogP contribution in [0.25, 0.3) is 28.2 Å². The fourth-order valence-corrected chi connectivity index (χ4v) is 3.69. The van der Waals surface area contributed by atoms with Gasteiger partial charge in [0.05, 0.1) is 11.2 Å². The lowest BCUT2D eigenvalue weighted by Gasteiger charge is -2.10. The molecule has 0 saturated carbocycles. The Hall–Kier alpha value is -3.06. The van der Waals surface area contributed by atoms with Crippen LogP contribution in [0.1, 0.15) is 16.7 Å². The molecule has 24 heavy (non-hydrogen) atoms. The highest BCUT2D eigenvalue weighted by atomic mass is 15.0. The van der Waals surface area contributed by atoms with Crippen molar-refractivity contribution >= 4 is 22.6 Å². The molecule has 0 amide bonds. The van der Waals surface area contributed by atoms with Crippen LogP contribution in [0.3, 0.4) is 0 Å².